The number of rotatable bonds is 5. The molecule has 1 N–H and O–H groups in total. The number of amides is 1. The van der Waals surface area contributed by atoms with E-state index in [2.05, 4.69) is 73.5 Å². The molecule has 0 aromatic heterocycles. The zero-order chi connectivity index (χ0) is 19.3. The highest BCUT2D eigenvalue weighted by molar-refractivity contribution is 9.10. The fraction of sp³-hybridized carbons (Fsp3) is 0.261. The highest BCUT2D eigenvalue weighted by Crippen LogP contribution is 2.20. The lowest BCUT2D eigenvalue weighted by Gasteiger charge is -2.34. The van der Waals surface area contributed by atoms with E-state index in [1.54, 1.807) is 0 Å². The number of nitrogens with one attached hydrogen (secondary N) is 1. The normalized spacial score (nSPS) is 15.6. The number of piperazine rings is 1. The maximum Gasteiger partial charge on any atom is 0.238 e. The molecule has 0 radical (unpaired) electrons. The highest BCUT2D eigenvalue weighted by Gasteiger charge is 2.19. The van der Waals surface area contributed by atoms with Gasteiger partial charge in [0.15, 0.2) is 0 Å². The van der Waals surface area contributed by atoms with Crippen LogP contribution in [0.15, 0.2) is 71.2 Å². The Morgan fingerprint density at radius 1 is 0.857 bits per heavy atom. The van der Waals surface area contributed by atoms with Crippen molar-refractivity contribution < 1.29 is 4.79 Å². The van der Waals surface area contributed by atoms with Crippen LogP contribution in [0.1, 0.15) is 5.56 Å². The highest BCUT2D eigenvalue weighted by atomic mass is 79.9. The Bertz CT molecular complexity index is 944. The Labute approximate surface area is 174 Å². The first-order valence-corrected chi connectivity index (χ1v) is 10.4. The van der Waals surface area contributed by atoms with Crippen LogP contribution in [-0.4, -0.2) is 48.4 Å². The first kappa shape index (κ1) is 19.1. The lowest BCUT2D eigenvalue weighted by molar-refractivity contribution is -0.117. The number of carbonyl (C=O) groups excluding carboxylic acids is 1. The molecule has 1 aliphatic rings. The van der Waals surface area contributed by atoms with Gasteiger partial charge in [-0.05, 0) is 40.6 Å². The minimum atomic E-state index is 0.0461. The van der Waals surface area contributed by atoms with E-state index in [-0.39, 0.29) is 5.91 Å². The number of fused-ring (bicyclic) bond motifs is 1. The van der Waals surface area contributed by atoms with Crippen molar-refractivity contribution in [3.63, 3.8) is 0 Å². The number of hydrogen-bond donors (Lipinski definition) is 1. The second kappa shape index (κ2) is 8.86. The fourth-order valence-electron chi connectivity index (χ4n) is 3.71. The summed E-state index contributed by atoms with van der Waals surface area (Å²) in [5, 5.41) is 5.60. The van der Waals surface area contributed by atoms with E-state index in [1.165, 1.54) is 16.3 Å². The second-order valence-corrected chi connectivity index (χ2v) is 8.16. The Balaban J connectivity index is 1.28. The van der Waals surface area contributed by atoms with Gasteiger partial charge in [0.05, 0.1) is 6.54 Å². The zero-order valence-corrected chi connectivity index (χ0v) is 17.4. The van der Waals surface area contributed by atoms with Crippen LogP contribution < -0.4 is 5.32 Å². The molecule has 4 nitrogen and oxygen atoms in total. The standard InChI is InChI=1S/C23H24BrN3O/c24-20-8-10-21(11-9-20)25-23(28)17-27-14-12-26(13-15-27)16-19-6-3-5-18-4-1-2-7-22(18)19/h1-11H,12-17H2,(H,25,28). The van der Waals surface area contributed by atoms with E-state index in [1.807, 2.05) is 24.3 Å². The predicted molar refractivity (Wildman–Crippen MR) is 118 cm³/mol. The predicted octanol–water partition coefficient (Wildman–Crippen LogP) is 4.36. The average molecular weight is 438 g/mol. The van der Waals surface area contributed by atoms with Crippen molar-refractivity contribution in [1.29, 1.82) is 0 Å². The van der Waals surface area contributed by atoms with Gasteiger partial charge in [-0.25, -0.2) is 0 Å². The Morgan fingerprint density at radius 2 is 1.54 bits per heavy atom. The number of benzene rings is 3. The molecular formula is C23H24BrN3O. The van der Waals surface area contributed by atoms with Crippen LogP contribution in [0.5, 0.6) is 0 Å². The quantitative estimate of drug-likeness (QED) is 0.643. The van der Waals surface area contributed by atoms with Crippen LogP contribution in [0, 0.1) is 0 Å². The van der Waals surface area contributed by atoms with Gasteiger partial charge in [-0.2, -0.15) is 0 Å². The summed E-state index contributed by atoms with van der Waals surface area (Å²) in [5.74, 6) is 0.0461. The first-order chi connectivity index (χ1) is 13.7. The molecule has 5 heteroatoms. The second-order valence-electron chi connectivity index (χ2n) is 7.25. The Hall–Kier alpha value is -2.21. The fourth-order valence-corrected chi connectivity index (χ4v) is 3.98. The summed E-state index contributed by atoms with van der Waals surface area (Å²) in [4.78, 5) is 17.0. The van der Waals surface area contributed by atoms with Gasteiger partial charge in [0.25, 0.3) is 0 Å². The maximum atomic E-state index is 12.3. The van der Waals surface area contributed by atoms with Gasteiger partial charge >= 0.3 is 0 Å². The molecule has 1 amide bonds. The molecule has 4 rings (SSSR count). The van der Waals surface area contributed by atoms with Crippen molar-refractivity contribution in [3.8, 4) is 0 Å². The smallest absolute Gasteiger partial charge is 0.238 e. The summed E-state index contributed by atoms with van der Waals surface area (Å²) >= 11 is 3.41. The van der Waals surface area contributed by atoms with Gasteiger partial charge < -0.3 is 5.32 Å². The largest absolute Gasteiger partial charge is 0.325 e. The first-order valence-electron chi connectivity index (χ1n) is 9.64. The van der Waals surface area contributed by atoms with E-state index < -0.39 is 0 Å². The Kier molecular flexibility index (Phi) is 6.05. The van der Waals surface area contributed by atoms with Gasteiger partial charge in [0.1, 0.15) is 0 Å². The average Bonchev–Trinajstić information content (AvgIpc) is 2.71. The third kappa shape index (κ3) is 4.79. The van der Waals surface area contributed by atoms with E-state index in [0.717, 1.165) is 42.9 Å². The zero-order valence-electron chi connectivity index (χ0n) is 15.8. The number of halogens is 1. The molecule has 1 saturated heterocycles. The summed E-state index contributed by atoms with van der Waals surface area (Å²) in [6.45, 7) is 5.19. The minimum absolute atomic E-state index is 0.0461. The summed E-state index contributed by atoms with van der Waals surface area (Å²) in [6, 6.07) is 22.8. The molecule has 1 fully saturated rings. The lowest BCUT2D eigenvalue weighted by Crippen LogP contribution is -2.48. The van der Waals surface area contributed by atoms with Crippen molar-refractivity contribution in [2.24, 2.45) is 0 Å². The van der Waals surface area contributed by atoms with Crippen molar-refractivity contribution >= 4 is 38.3 Å². The van der Waals surface area contributed by atoms with Crippen LogP contribution in [0.3, 0.4) is 0 Å². The topological polar surface area (TPSA) is 35.6 Å². The van der Waals surface area contributed by atoms with Crippen molar-refractivity contribution in [2.75, 3.05) is 38.0 Å². The van der Waals surface area contributed by atoms with E-state index in [4.69, 9.17) is 0 Å². The van der Waals surface area contributed by atoms with Crippen LogP contribution >= 0.6 is 15.9 Å². The molecule has 0 saturated carbocycles. The summed E-state index contributed by atoms with van der Waals surface area (Å²) in [5.41, 5.74) is 2.21. The van der Waals surface area contributed by atoms with Crippen molar-refractivity contribution in [3.05, 3.63) is 76.8 Å². The molecule has 144 valence electrons. The third-order valence-electron chi connectivity index (χ3n) is 5.23. The molecule has 0 unspecified atom stereocenters. The number of nitrogens with zero attached hydrogens (tertiary/aromatic N) is 2. The van der Waals surface area contributed by atoms with Gasteiger partial charge in [-0.3, -0.25) is 14.6 Å². The molecule has 0 spiro atoms. The summed E-state index contributed by atoms with van der Waals surface area (Å²) in [6.07, 6.45) is 0. The Morgan fingerprint density at radius 3 is 2.32 bits per heavy atom. The number of carbonyl (C=O) groups is 1. The molecule has 3 aromatic carbocycles. The summed E-state index contributed by atoms with van der Waals surface area (Å²) < 4.78 is 1.01. The molecule has 0 aliphatic carbocycles. The molecule has 28 heavy (non-hydrogen) atoms. The SMILES string of the molecule is O=C(CN1CCN(Cc2cccc3ccccc23)CC1)Nc1ccc(Br)cc1. The van der Waals surface area contributed by atoms with Crippen LogP contribution in [0.25, 0.3) is 10.8 Å². The van der Waals surface area contributed by atoms with Gasteiger partial charge in [-0.1, -0.05) is 58.4 Å². The maximum absolute atomic E-state index is 12.3. The molecular weight excluding hydrogens is 414 g/mol. The molecule has 1 heterocycles. The monoisotopic (exact) mass is 437 g/mol. The third-order valence-corrected chi connectivity index (χ3v) is 5.76. The number of hydrogen-bond acceptors (Lipinski definition) is 3. The number of anilines is 1. The molecule has 1 aliphatic heterocycles. The van der Waals surface area contributed by atoms with Crippen LogP contribution in [0.4, 0.5) is 5.69 Å². The van der Waals surface area contributed by atoms with Crippen LogP contribution in [-0.2, 0) is 11.3 Å². The van der Waals surface area contributed by atoms with E-state index >= 15 is 0 Å². The van der Waals surface area contributed by atoms with Crippen molar-refractivity contribution in [1.82, 2.24) is 9.80 Å². The lowest BCUT2D eigenvalue weighted by atomic mass is 10.0. The minimum Gasteiger partial charge on any atom is -0.325 e. The van der Waals surface area contributed by atoms with Gasteiger partial charge in [0.2, 0.25) is 5.91 Å². The molecule has 3 aromatic rings. The molecule has 0 atom stereocenters. The molecule has 0 bridgehead atoms. The van der Waals surface area contributed by atoms with Gasteiger partial charge in [-0.15, -0.1) is 0 Å². The van der Waals surface area contributed by atoms with Crippen LogP contribution in [0.2, 0.25) is 0 Å². The van der Waals surface area contributed by atoms with Gasteiger partial charge in [0, 0.05) is 42.9 Å². The summed E-state index contributed by atoms with van der Waals surface area (Å²) in [7, 11) is 0. The van der Waals surface area contributed by atoms with E-state index in [0.29, 0.717) is 6.54 Å². The van der Waals surface area contributed by atoms with Crippen molar-refractivity contribution in [2.45, 2.75) is 6.54 Å². The van der Waals surface area contributed by atoms with E-state index in [9.17, 15) is 4.79 Å².